The van der Waals surface area contributed by atoms with Gasteiger partial charge in [-0.05, 0) is 25.1 Å². The van der Waals surface area contributed by atoms with Gasteiger partial charge < -0.3 is 5.32 Å². The van der Waals surface area contributed by atoms with Gasteiger partial charge in [0.2, 0.25) is 0 Å². The molecule has 1 aromatic heterocycles. The molecule has 7 heteroatoms. The highest BCUT2D eigenvalue weighted by molar-refractivity contribution is 6.33. The van der Waals surface area contributed by atoms with E-state index in [9.17, 15) is 10.1 Å². The van der Waals surface area contributed by atoms with Crippen molar-refractivity contribution in [1.82, 2.24) is 9.78 Å². The molecule has 100 valence electrons. The number of hydrogen-bond acceptors (Lipinski definition) is 4. The molecule has 0 spiro atoms. The highest BCUT2D eigenvalue weighted by Crippen LogP contribution is 2.32. The van der Waals surface area contributed by atoms with Crippen molar-refractivity contribution in [3.63, 3.8) is 0 Å². The Labute approximate surface area is 115 Å². The molecule has 19 heavy (non-hydrogen) atoms. The molecular weight excluding hydrogens is 268 g/mol. The molecule has 2 aromatic rings. The fourth-order valence-corrected chi connectivity index (χ4v) is 1.95. The van der Waals surface area contributed by atoms with Gasteiger partial charge >= 0.3 is 5.69 Å². The Hall–Kier alpha value is -2.08. The summed E-state index contributed by atoms with van der Waals surface area (Å²) < 4.78 is 1.80. The number of halogens is 1. The lowest BCUT2D eigenvalue weighted by molar-refractivity contribution is -0.383. The first-order valence-corrected chi connectivity index (χ1v) is 6.18. The molecule has 0 fully saturated rings. The zero-order valence-electron chi connectivity index (χ0n) is 10.3. The van der Waals surface area contributed by atoms with Crippen LogP contribution in [0.3, 0.4) is 0 Å². The Morgan fingerprint density at radius 2 is 2.26 bits per heavy atom. The van der Waals surface area contributed by atoms with Crippen LogP contribution in [0.4, 0.5) is 11.4 Å². The number of nitrogens with zero attached hydrogens (tertiary/aromatic N) is 3. The monoisotopic (exact) mass is 280 g/mol. The van der Waals surface area contributed by atoms with E-state index in [2.05, 4.69) is 10.4 Å². The van der Waals surface area contributed by atoms with Crippen molar-refractivity contribution in [2.24, 2.45) is 0 Å². The molecule has 0 radical (unpaired) electrons. The van der Waals surface area contributed by atoms with E-state index in [1.165, 1.54) is 6.07 Å². The first-order chi connectivity index (χ1) is 9.11. The standard InChI is InChI=1S/C12H13ClN4O2/c1-2-16-7-6-9(15-16)8-14-11-5-3-4-10(13)12(11)17(18)19/h3-7,14H,2,8H2,1H3. The van der Waals surface area contributed by atoms with Crippen molar-refractivity contribution in [1.29, 1.82) is 0 Å². The molecule has 0 saturated heterocycles. The smallest absolute Gasteiger partial charge is 0.310 e. The summed E-state index contributed by atoms with van der Waals surface area (Å²) in [4.78, 5) is 10.5. The summed E-state index contributed by atoms with van der Waals surface area (Å²) in [6.45, 7) is 3.19. The number of nitrogens with one attached hydrogen (secondary N) is 1. The molecule has 0 bridgehead atoms. The summed E-state index contributed by atoms with van der Waals surface area (Å²) in [5.41, 5.74) is 1.10. The normalized spacial score (nSPS) is 10.4. The highest BCUT2D eigenvalue weighted by atomic mass is 35.5. The molecule has 0 atom stereocenters. The number of anilines is 1. The summed E-state index contributed by atoms with van der Waals surface area (Å²) in [6, 6.07) is 6.66. The van der Waals surface area contributed by atoms with Gasteiger partial charge in [0.15, 0.2) is 0 Å². The van der Waals surface area contributed by atoms with Crippen molar-refractivity contribution in [3.8, 4) is 0 Å². The van der Waals surface area contributed by atoms with Crippen LogP contribution in [0.1, 0.15) is 12.6 Å². The zero-order chi connectivity index (χ0) is 13.8. The van der Waals surface area contributed by atoms with Crippen LogP contribution >= 0.6 is 11.6 Å². The number of nitro groups is 1. The third-order valence-corrected chi connectivity index (χ3v) is 2.95. The lowest BCUT2D eigenvalue weighted by Gasteiger charge is -2.06. The molecule has 0 aliphatic carbocycles. The largest absolute Gasteiger partial charge is 0.374 e. The van der Waals surface area contributed by atoms with Gasteiger partial charge in [-0.25, -0.2) is 0 Å². The number of benzene rings is 1. The minimum atomic E-state index is -0.491. The predicted octanol–water partition coefficient (Wildman–Crippen LogP) is 3.08. The summed E-state index contributed by atoms with van der Waals surface area (Å²) in [5, 5.41) is 18.4. The van der Waals surface area contributed by atoms with Gasteiger partial charge in [0.1, 0.15) is 10.7 Å². The average molecular weight is 281 g/mol. The second-order valence-corrected chi connectivity index (χ2v) is 4.32. The van der Waals surface area contributed by atoms with E-state index >= 15 is 0 Å². The molecule has 0 aliphatic heterocycles. The van der Waals surface area contributed by atoms with Crippen molar-refractivity contribution in [2.75, 3.05) is 5.32 Å². The number of rotatable bonds is 5. The van der Waals surface area contributed by atoms with Gasteiger partial charge in [0.25, 0.3) is 0 Å². The molecule has 0 unspecified atom stereocenters. The van der Waals surface area contributed by atoms with Gasteiger partial charge in [-0.2, -0.15) is 5.10 Å². The minimum absolute atomic E-state index is 0.112. The third-order valence-electron chi connectivity index (χ3n) is 2.65. The second-order valence-electron chi connectivity index (χ2n) is 3.91. The lowest BCUT2D eigenvalue weighted by Crippen LogP contribution is -2.04. The van der Waals surface area contributed by atoms with E-state index in [4.69, 9.17) is 11.6 Å². The summed E-state index contributed by atoms with van der Waals surface area (Å²) >= 11 is 5.83. The summed E-state index contributed by atoms with van der Waals surface area (Å²) in [5.74, 6) is 0. The van der Waals surface area contributed by atoms with Gasteiger partial charge in [-0.1, -0.05) is 17.7 Å². The molecule has 0 saturated carbocycles. The molecule has 1 aromatic carbocycles. The number of hydrogen-bond donors (Lipinski definition) is 1. The van der Waals surface area contributed by atoms with Crippen LogP contribution in [0.2, 0.25) is 5.02 Å². The maximum Gasteiger partial charge on any atom is 0.310 e. The summed E-state index contributed by atoms with van der Waals surface area (Å²) in [7, 11) is 0. The van der Waals surface area contributed by atoms with Crippen LogP contribution in [0, 0.1) is 10.1 Å². The van der Waals surface area contributed by atoms with Crippen LogP contribution in [0.15, 0.2) is 30.5 Å². The fourth-order valence-electron chi connectivity index (χ4n) is 1.70. The Morgan fingerprint density at radius 1 is 1.47 bits per heavy atom. The molecule has 0 aliphatic rings. The molecule has 2 rings (SSSR count). The van der Waals surface area contributed by atoms with Crippen molar-refractivity contribution in [3.05, 3.63) is 51.3 Å². The molecule has 1 heterocycles. The van der Waals surface area contributed by atoms with Crippen LogP contribution in [0.25, 0.3) is 0 Å². The van der Waals surface area contributed by atoms with Gasteiger partial charge in [0, 0.05) is 12.7 Å². The quantitative estimate of drug-likeness (QED) is 0.675. The van der Waals surface area contributed by atoms with Crippen molar-refractivity contribution >= 4 is 23.0 Å². The van der Waals surface area contributed by atoms with Crippen molar-refractivity contribution < 1.29 is 4.92 Å². The third kappa shape index (κ3) is 3.03. The van der Waals surface area contributed by atoms with E-state index < -0.39 is 4.92 Å². The maximum atomic E-state index is 11.0. The van der Waals surface area contributed by atoms with E-state index in [0.717, 1.165) is 12.2 Å². The Kier molecular flexibility index (Phi) is 4.01. The predicted molar refractivity (Wildman–Crippen MR) is 73.3 cm³/mol. The lowest BCUT2D eigenvalue weighted by atomic mass is 10.2. The SMILES string of the molecule is CCn1ccc(CNc2cccc(Cl)c2[N+](=O)[O-])n1. The van der Waals surface area contributed by atoms with Gasteiger partial charge in [-0.3, -0.25) is 14.8 Å². The first-order valence-electron chi connectivity index (χ1n) is 5.81. The number of para-hydroxylation sites is 1. The van der Waals surface area contributed by atoms with Gasteiger partial charge in [-0.15, -0.1) is 0 Å². The molecular formula is C12H13ClN4O2. The highest BCUT2D eigenvalue weighted by Gasteiger charge is 2.18. The van der Waals surface area contributed by atoms with Crippen LogP contribution in [-0.4, -0.2) is 14.7 Å². The second kappa shape index (κ2) is 5.71. The number of aryl methyl sites for hydroxylation is 1. The minimum Gasteiger partial charge on any atom is -0.374 e. The molecule has 6 nitrogen and oxygen atoms in total. The number of nitro benzene ring substituents is 1. The van der Waals surface area contributed by atoms with E-state index in [1.807, 2.05) is 19.2 Å². The Balaban J connectivity index is 2.15. The van der Waals surface area contributed by atoms with E-state index in [-0.39, 0.29) is 10.7 Å². The Morgan fingerprint density at radius 3 is 2.89 bits per heavy atom. The summed E-state index contributed by atoms with van der Waals surface area (Å²) in [6.07, 6.45) is 1.86. The maximum absolute atomic E-state index is 11.0. The number of aromatic nitrogens is 2. The van der Waals surface area contributed by atoms with Crippen molar-refractivity contribution in [2.45, 2.75) is 20.0 Å². The zero-order valence-corrected chi connectivity index (χ0v) is 11.1. The molecule has 0 amide bonds. The van der Waals surface area contributed by atoms with Gasteiger partial charge in [0.05, 0.1) is 17.2 Å². The topological polar surface area (TPSA) is 73.0 Å². The van der Waals surface area contributed by atoms with Crippen LogP contribution in [-0.2, 0) is 13.1 Å². The first kappa shape index (κ1) is 13.4. The van der Waals surface area contributed by atoms with E-state index in [1.54, 1.807) is 16.8 Å². The Bertz CT molecular complexity index is 597. The van der Waals surface area contributed by atoms with Crippen LogP contribution < -0.4 is 5.32 Å². The van der Waals surface area contributed by atoms with E-state index in [0.29, 0.717) is 12.2 Å². The van der Waals surface area contributed by atoms with Crippen LogP contribution in [0.5, 0.6) is 0 Å². The molecule has 1 N–H and O–H groups in total. The fraction of sp³-hybridized carbons (Fsp3) is 0.250. The average Bonchev–Trinajstić information content (AvgIpc) is 2.83.